The Balaban J connectivity index is 1.96. The van der Waals surface area contributed by atoms with E-state index in [1.807, 2.05) is 24.3 Å². The number of hydrogen-bond acceptors (Lipinski definition) is 1. The maximum atomic E-state index is 13.4. The number of benzene rings is 2. The fraction of sp³-hybridized carbons (Fsp3) is 0.188. The largest absolute Gasteiger partial charge is 0.326 e. The van der Waals surface area contributed by atoms with Gasteiger partial charge in [0, 0.05) is 11.0 Å². The monoisotopic (exact) mass is 335 g/mol. The molecule has 20 heavy (non-hydrogen) atoms. The number of alkyl halides is 1. The van der Waals surface area contributed by atoms with E-state index in [-0.39, 0.29) is 18.1 Å². The summed E-state index contributed by atoms with van der Waals surface area (Å²) in [6.07, 6.45) is 0.985. The molecule has 0 radical (unpaired) electrons. The zero-order valence-corrected chi connectivity index (χ0v) is 12.5. The fourth-order valence-electron chi connectivity index (χ4n) is 1.88. The average Bonchev–Trinajstić information content (AvgIpc) is 2.44. The van der Waals surface area contributed by atoms with Gasteiger partial charge in [0.2, 0.25) is 5.91 Å². The van der Waals surface area contributed by atoms with Crippen LogP contribution >= 0.6 is 15.9 Å². The van der Waals surface area contributed by atoms with Gasteiger partial charge in [-0.05, 0) is 35.7 Å². The molecule has 0 saturated carbocycles. The molecule has 0 aliphatic rings. The number of anilines is 1. The van der Waals surface area contributed by atoms with Crippen molar-refractivity contribution in [2.24, 2.45) is 0 Å². The molecule has 0 saturated heterocycles. The highest BCUT2D eigenvalue weighted by molar-refractivity contribution is 9.09. The summed E-state index contributed by atoms with van der Waals surface area (Å²) >= 11 is 3.38. The molecule has 2 aromatic carbocycles. The molecule has 2 aromatic rings. The van der Waals surface area contributed by atoms with Crippen LogP contribution in [0.15, 0.2) is 48.5 Å². The highest BCUT2D eigenvalue weighted by atomic mass is 79.9. The Morgan fingerprint density at radius 1 is 1.10 bits per heavy atom. The molecule has 2 nitrogen and oxygen atoms in total. The lowest BCUT2D eigenvalue weighted by atomic mass is 10.1. The van der Waals surface area contributed by atoms with E-state index < -0.39 is 0 Å². The van der Waals surface area contributed by atoms with Gasteiger partial charge >= 0.3 is 0 Å². The van der Waals surface area contributed by atoms with Crippen LogP contribution in [0.2, 0.25) is 0 Å². The molecule has 0 aliphatic carbocycles. The van der Waals surface area contributed by atoms with Gasteiger partial charge < -0.3 is 5.32 Å². The van der Waals surface area contributed by atoms with Crippen LogP contribution in [0.4, 0.5) is 10.1 Å². The number of halogens is 2. The van der Waals surface area contributed by atoms with Gasteiger partial charge in [0.1, 0.15) is 5.82 Å². The molecule has 1 N–H and O–H groups in total. The van der Waals surface area contributed by atoms with Crippen molar-refractivity contribution in [2.75, 3.05) is 10.6 Å². The second-order valence-corrected chi connectivity index (χ2v) is 5.25. The first kappa shape index (κ1) is 14.7. The van der Waals surface area contributed by atoms with Crippen molar-refractivity contribution < 1.29 is 9.18 Å². The smallest absolute Gasteiger partial charge is 0.228 e. The van der Waals surface area contributed by atoms with Crippen LogP contribution in [-0.2, 0) is 17.6 Å². The third kappa shape index (κ3) is 4.17. The minimum Gasteiger partial charge on any atom is -0.326 e. The summed E-state index contributed by atoms with van der Waals surface area (Å²) in [5.41, 5.74) is 2.33. The lowest BCUT2D eigenvalue weighted by Gasteiger charge is -2.07. The van der Waals surface area contributed by atoms with Crippen LogP contribution < -0.4 is 5.32 Å². The van der Waals surface area contributed by atoms with E-state index in [2.05, 4.69) is 21.2 Å². The number of aryl methyl sites for hydroxylation is 1. The highest BCUT2D eigenvalue weighted by Crippen LogP contribution is 2.12. The first-order valence-electron chi connectivity index (χ1n) is 6.37. The van der Waals surface area contributed by atoms with Crippen molar-refractivity contribution in [1.29, 1.82) is 0 Å². The van der Waals surface area contributed by atoms with Crippen molar-refractivity contribution in [3.63, 3.8) is 0 Å². The van der Waals surface area contributed by atoms with Crippen molar-refractivity contribution >= 4 is 27.5 Å². The van der Waals surface area contributed by atoms with Gasteiger partial charge in [0.15, 0.2) is 0 Å². The summed E-state index contributed by atoms with van der Waals surface area (Å²) in [4.78, 5) is 11.9. The predicted molar refractivity (Wildman–Crippen MR) is 82.7 cm³/mol. The number of hydrogen-bond donors (Lipinski definition) is 1. The number of carbonyl (C=O) groups excluding carboxylic acids is 1. The normalized spacial score (nSPS) is 10.3. The lowest BCUT2D eigenvalue weighted by Crippen LogP contribution is -2.15. The van der Waals surface area contributed by atoms with Crippen molar-refractivity contribution in [3.8, 4) is 0 Å². The minimum absolute atomic E-state index is 0.0375. The summed E-state index contributed by atoms with van der Waals surface area (Å²) in [7, 11) is 0. The third-order valence-corrected chi connectivity index (χ3v) is 3.33. The standard InChI is InChI=1S/C16H15BrFNO/c17-10-9-12-5-7-14(8-6-12)19-16(20)11-13-3-1-2-4-15(13)18/h1-8H,9-11H2,(H,19,20). The Labute approximate surface area is 126 Å². The number of nitrogens with one attached hydrogen (secondary N) is 1. The summed E-state index contributed by atoms with van der Waals surface area (Å²) in [6.45, 7) is 0. The van der Waals surface area contributed by atoms with Gasteiger partial charge in [0.05, 0.1) is 6.42 Å². The molecule has 0 aromatic heterocycles. The van der Waals surface area contributed by atoms with Gasteiger partial charge in [-0.15, -0.1) is 0 Å². The molecule has 0 spiro atoms. The molecule has 2 rings (SSSR count). The minimum atomic E-state index is -0.352. The van der Waals surface area contributed by atoms with E-state index in [0.717, 1.165) is 17.4 Å². The van der Waals surface area contributed by atoms with Crippen LogP contribution in [0.1, 0.15) is 11.1 Å². The molecule has 0 aliphatic heterocycles. The van der Waals surface area contributed by atoms with Crippen LogP contribution in [0.3, 0.4) is 0 Å². The average molecular weight is 336 g/mol. The summed E-state index contributed by atoms with van der Waals surface area (Å²) in [5.74, 6) is -0.571. The number of carbonyl (C=O) groups is 1. The van der Waals surface area contributed by atoms with Crippen LogP contribution in [-0.4, -0.2) is 11.2 Å². The molecule has 4 heteroatoms. The van der Waals surface area contributed by atoms with E-state index in [9.17, 15) is 9.18 Å². The third-order valence-electron chi connectivity index (χ3n) is 2.93. The second kappa shape index (κ2) is 7.20. The molecule has 1 amide bonds. The van der Waals surface area contributed by atoms with Crippen LogP contribution in [0, 0.1) is 5.82 Å². The van der Waals surface area contributed by atoms with E-state index in [0.29, 0.717) is 5.56 Å². The van der Waals surface area contributed by atoms with Gasteiger partial charge in [-0.2, -0.15) is 0 Å². The van der Waals surface area contributed by atoms with E-state index >= 15 is 0 Å². The van der Waals surface area contributed by atoms with E-state index in [1.165, 1.54) is 11.6 Å². The SMILES string of the molecule is O=C(Cc1ccccc1F)Nc1ccc(CCBr)cc1. The fourth-order valence-corrected chi connectivity index (χ4v) is 2.34. The zero-order valence-electron chi connectivity index (χ0n) is 10.9. The predicted octanol–water partition coefficient (Wildman–Crippen LogP) is 3.94. The van der Waals surface area contributed by atoms with Crippen LogP contribution in [0.5, 0.6) is 0 Å². The van der Waals surface area contributed by atoms with Crippen LogP contribution in [0.25, 0.3) is 0 Å². The topological polar surface area (TPSA) is 29.1 Å². The molecule has 104 valence electrons. The molecule has 0 fully saturated rings. The molecule has 0 heterocycles. The quantitative estimate of drug-likeness (QED) is 0.823. The number of amides is 1. The maximum Gasteiger partial charge on any atom is 0.228 e. The Kier molecular flexibility index (Phi) is 5.30. The summed E-state index contributed by atoms with van der Waals surface area (Å²) in [6, 6.07) is 14.0. The van der Waals surface area contributed by atoms with Crippen molar-refractivity contribution in [3.05, 3.63) is 65.5 Å². The Bertz CT molecular complexity index is 583. The molecule has 0 atom stereocenters. The first-order valence-corrected chi connectivity index (χ1v) is 7.49. The maximum absolute atomic E-state index is 13.4. The number of rotatable bonds is 5. The van der Waals surface area contributed by atoms with E-state index in [1.54, 1.807) is 18.2 Å². The summed E-state index contributed by atoms with van der Waals surface area (Å²) < 4.78 is 13.4. The summed E-state index contributed by atoms with van der Waals surface area (Å²) in [5, 5.41) is 3.68. The molecular formula is C16H15BrFNO. The van der Waals surface area contributed by atoms with Crippen molar-refractivity contribution in [2.45, 2.75) is 12.8 Å². The van der Waals surface area contributed by atoms with E-state index in [4.69, 9.17) is 0 Å². The Morgan fingerprint density at radius 3 is 2.45 bits per heavy atom. The van der Waals surface area contributed by atoms with Crippen molar-refractivity contribution in [1.82, 2.24) is 0 Å². The van der Waals surface area contributed by atoms with Gasteiger partial charge in [-0.25, -0.2) is 4.39 Å². The lowest BCUT2D eigenvalue weighted by molar-refractivity contribution is -0.115. The van der Waals surface area contributed by atoms with Gasteiger partial charge in [-0.3, -0.25) is 4.79 Å². The molecule has 0 bridgehead atoms. The Morgan fingerprint density at radius 2 is 1.80 bits per heavy atom. The first-order chi connectivity index (χ1) is 9.69. The van der Waals surface area contributed by atoms with Gasteiger partial charge in [0.25, 0.3) is 0 Å². The molecule has 0 unspecified atom stereocenters. The van der Waals surface area contributed by atoms with Gasteiger partial charge in [-0.1, -0.05) is 46.3 Å². The Hall–Kier alpha value is -1.68. The second-order valence-electron chi connectivity index (χ2n) is 4.45. The molecular weight excluding hydrogens is 321 g/mol. The zero-order chi connectivity index (χ0) is 14.4. The highest BCUT2D eigenvalue weighted by Gasteiger charge is 2.07.